The topological polar surface area (TPSA) is 134 Å². The molecule has 0 aliphatic rings. The number of aromatic nitrogens is 1. The summed E-state index contributed by atoms with van der Waals surface area (Å²) in [6, 6.07) is 18.5. The highest BCUT2D eigenvalue weighted by molar-refractivity contribution is 7.87. The number of nitrogens with one attached hydrogen (secondary N) is 1. The summed E-state index contributed by atoms with van der Waals surface area (Å²) in [5.74, 6) is -2.68. The van der Waals surface area contributed by atoms with Crippen molar-refractivity contribution in [3.8, 4) is 5.75 Å². The standard InChI is InChI=1S/C24H15NO7S/c26-23(27)16-6-3-5-15-21(11-9-17(22(15)16)24(28)29)33(30,31)32-13-8-10-20-18(12-13)14-4-1-2-7-19(14)25-20/h1-12,25H,(H,26,27)(H,28,29). The van der Waals surface area contributed by atoms with Gasteiger partial charge in [-0.15, -0.1) is 0 Å². The molecule has 164 valence electrons. The van der Waals surface area contributed by atoms with E-state index in [4.69, 9.17) is 4.18 Å². The number of hydrogen-bond donors (Lipinski definition) is 3. The molecule has 1 aromatic heterocycles. The van der Waals surface area contributed by atoms with Crippen LogP contribution < -0.4 is 4.18 Å². The van der Waals surface area contributed by atoms with Crippen LogP contribution in [0, 0.1) is 0 Å². The van der Waals surface area contributed by atoms with Crippen LogP contribution in [0.1, 0.15) is 20.7 Å². The molecule has 5 aromatic rings. The van der Waals surface area contributed by atoms with Gasteiger partial charge in [0.15, 0.2) is 0 Å². The molecular formula is C24H15NO7S. The second kappa shape index (κ2) is 7.35. The van der Waals surface area contributed by atoms with Crippen molar-refractivity contribution < 1.29 is 32.4 Å². The third-order valence-corrected chi connectivity index (χ3v) is 6.72. The van der Waals surface area contributed by atoms with E-state index >= 15 is 0 Å². The fourth-order valence-electron chi connectivity index (χ4n) is 4.01. The molecule has 9 heteroatoms. The van der Waals surface area contributed by atoms with Gasteiger partial charge in [0, 0.05) is 32.6 Å². The molecule has 0 bridgehead atoms. The minimum absolute atomic E-state index is 0.0528. The second-order valence-corrected chi connectivity index (χ2v) is 8.88. The van der Waals surface area contributed by atoms with Gasteiger partial charge in [0.1, 0.15) is 10.6 Å². The number of hydrogen-bond acceptors (Lipinski definition) is 5. The molecule has 0 aliphatic heterocycles. The smallest absolute Gasteiger partial charge is 0.339 e. The molecule has 1 heterocycles. The predicted octanol–water partition coefficient (Wildman–Crippen LogP) is 4.64. The monoisotopic (exact) mass is 461 g/mol. The second-order valence-electron chi connectivity index (χ2n) is 7.37. The van der Waals surface area contributed by atoms with Crippen molar-refractivity contribution >= 4 is 54.6 Å². The number of carboxylic acids is 2. The average molecular weight is 461 g/mol. The molecule has 0 atom stereocenters. The van der Waals surface area contributed by atoms with Gasteiger partial charge < -0.3 is 19.4 Å². The Hall–Kier alpha value is -4.37. The Bertz CT molecular complexity index is 1700. The molecule has 5 rings (SSSR count). The number of benzene rings is 4. The molecule has 8 nitrogen and oxygen atoms in total. The molecule has 0 saturated carbocycles. The molecule has 0 fully saturated rings. The first-order valence-corrected chi connectivity index (χ1v) is 11.1. The lowest BCUT2D eigenvalue weighted by Gasteiger charge is -2.13. The number of para-hydroxylation sites is 1. The van der Waals surface area contributed by atoms with E-state index in [1.807, 2.05) is 24.3 Å². The van der Waals surface area contributed by atoms with E-state index in [9.17, 15) is 28.2 Å². The Morgan fingerprint density at radius 1 is 0.727 bits per heavy atom. The highest BCUT2D eigenvalue weighted by Crippen LogP contribution is 2.33. The van der Waals surface area contributed by atoms with Crippen LogP contribution in [0.3, 0.4) is 0 Å². The maximum Gasteiger partial charge on any atom is 0.339 e. The quantitative estimate of drug-likeness (QED) is 0.325. The third-order valence-electron chi connectivity index (χ3n) is 5.41. The van der Waals surface area contributed by atoms with Crippen molar-refractivity contribution in [2.45, 2.75) is 4.90 Å². The lowest BCUT2D eigenvalue weighted by Crippen LogP contribution is -2.12. The zero-order chi connectivity index (χ0) is 23.3. The van der Waals surface area contributed by atoms with Crippen LogP contribution in [0.4, 0.5) is 0 Å². The lowest BCUT2D eigenvalue weighted by atomic mass is 9.99. The molecule has 0 spiro atoms. The van der Waals surface area contributed by atoms with Crippen molar-refractivity contribution in [3.05, 3.63) is 83.9 Å². The van der Waals surface area contributed by atoms with Crippen LogP contribution in [-0.4, -0.2) is 35.6 Å². The largest absolute Gasteiger partial charge is 0.478 e. The van der Waals surface area contributed by atoms with Gasteiger partial charge in [0.25, 0.3) is 0 Å². The predicted molar refractivity (Wildman–Crippen MR) is 121 cm³/mol. The number of carbonyl (C=O) groups is 2. The molecule has 0 aliphatic carbocycles. The summed E-state index contributed by atoms with van der Waals surface area (Å²) < 4.78 is 31.8. The summed E-state index contributed by atoms with van der Waals surface area (Å²) in [6.45, 7) is 0. The fourth-order valence-corrected chi connectivity index (χ4v) is 5.13. The molecule has 4 aromatic carbocycles. The Morgan fingerprint density at radius 3 is 2.15 bits per heavy atom. The van der Waals surface area contributed by atoms with Crippen molar-refractivity contribution in [1.29, 1.82) is 0 Å². The van der Waals surface area contributed by atoms with Gasteiger partial charge in [0.05, 0.1) is 11.1 Å². The number of rotatable bonds is 5. The first-order valence-electron chi connectivity index (χ1n) is 9.73. The maximum atomic E-state index is 13.2. The van der Waals surface area contributed by atoms with Crippen LogP contribution >= 0.6 is 0 Å². The minimum Gasteiger partial charge on any atom is -0.478 e. The minimum atomic E-state index is -4.43. The van der Waals surface area contributed by atoms with Crippen LogP contribution in [-0.2, 0) is 10.1 Å². The Kier molecular flexibility index (Phi) is 4.57. The summed E-state index contributed by atoms with van der Waals surface area (Å²) in [4.78, 5) is 26.3. The SMILES string of the molecule is O=C(O)c1cccc2c(S(=O)(=O)Oc3ccc4[nH]c5ccccc5c4c3)ccc(C(=O)O)c12. The van der Waals surface area contributed by atoms with Crippen LogP contribution in [0.5, 0.6) is 5.75 Å². The normalized spacial score (nSPS) is 11.8. The molecular weight excluding hydrogens is 446 g/mol. The average Bonchev–Trinajstić information content (AvgIpc) is 3.15. The van der Waals surface area contributed by atoms with E-state index in [1.165, 1.54) is 24.3 Å². The fraction of sp³-hybridized carbons (Fsp3) is 0. The van der Waals surface area contributed by atoms with Crippen LogP contribution in [0.25, 0.3) is 32.6 Å². The van der Waals surface area contributed by atoms with Gasteiger partial charge in [0.2, 0.25) is 0 Å². The number of H-pyrrole nitrogens is 1. The zero-order valence-corrected chi connectivity index (χ0v) is 17.6. The van der Waals surface area contributed by atoms with Gasteiger partial charge in [-0.25, -0.2) is 9.59 Å². The Morgan fingerprint density at radius 2 is 1.39 bits per heavy atom. The molecule has 0 radical (unpaired) electrons. The van der Waals surface area contributed by atoms with E-state index in [0.29, 0.717) is 0 Å². The number of carboxylic acid groups (broad SMARTS) is 2. The van der Waals surface area contributed by atoms with Gasteiger partial charge >= 0.3 is 22.1 Å². The zero-order valence-electron chi connectivity index (χ0n) is 16.8. The van der Waals surface area contributed by atoms with Gasteiger partial charge in [-0.3, -0.25) is 0 Å². The molecule has 0 unspecified atom stereocenters. The van der Waals surface area contributed by atoms with E-state index in [-0.39, 0.29) is 32.5 Å². The Labute approximate surface area is 186 Å². The van der Waals surface area contributed by atoms with Gasteiger partial charge in [-0.05, 0) is 42.5 Å². The molecule has 0 amide bonds. The van der Waals surface area contributed by atoms with Crippen LogP contribution in [0.15, 0.2) is 77.7 Å². The van der Waals surface area contributed by atoms with E-state index in [0.717, 1.165) is 33.9 Å². The van der Waals surface area contributed by atoms with E-state index in [1.54, 1.807) is 12.1 Å². The summed E-state index contributed by atoms with van der Waals surface area (Å²) in [7, 11) is -4.43. The summed E-state index contributed by atoms with van der Waals surface area (Å²) in [5, 5.41) is 20.5. The van der Waals surface area contributed by atoms with Gasteiger partial charge in [-0.1, -0.05) is 30.3 Å². The number of fused-ring (bicyclic) bond motifs is 4. The van der Waals surface area contributed by atoms with Crippen LogP contribution in [0.2, 0.25) is 0 Å². The van der Waals surface area contributed by atoms with Crippen molar-refractivity contribution in [3.63, 3.8) is 0 Å². The van der Waals surface area contributed by atoms with Gasteiger partial charge in [-0.2, -0.15) is 8.42 Å². The first-order chi connectivity index (χ1) is 15.8. The lowest BCUT2D eigenvalue weighted by molar-refractivity contribution is 0.0695. The summed E-state index contributed by atoms with van der Waals surface area (Å²) >= 11 is 0. The maximum absolute atomic E-state index is 13.2. The van der Waals surface area contributed by atoms with E-state index < -0.39 is 22.1 Å². The molecule has 0 saturated heterocycles. The highest BCUT2D eigenvalue weighted by Gasteiger charge is 2.25. The summed E-state index contributed by atoms with van der Waals surface area (Å²) in [6.07, 6.45) is 0. The summed E-state index contributed by atoms with van der Waals surface area (Å²) in [5.41, 5.74) is 1.07. The van der Waals surface area contributed by atoms with Crippen molar-refractivity contribution in [1.82, 2.24) is 4.98 Å². The number of aromatic amines is 1. The Balaban J connectivity index is 1.66. The van der Waals surface area contributed by atoms with Crippen molar-refractivity contribution in [2.75, 3.05) is 0 Å². The molecule has 3 N–H and O–H groups in total. The van der Waals surface area contributed by atoms with Crippen molar-refractivity contribution in [2.24, 2.45) is 0 Å². The number of aromatic carboxylic acids is 2. The van der Waals surface area contributed by atoms with E-state index in [2.05, 4.69) is 4.98 Å². The highest BCUT2D eigenvalue weighted by atomic mass is 32.2. The molecule has 33 heavy (non-hydrogen) atoms. The first kappa shape index (κ1) is 20.5. The third kappa shape index (κ3) is 3.35.